The molecule has 0 saturated carbocycles. The van der Waals surface area contributed by atoms with Gasteiger partial charge in [0.15, 0.2) is 0 Å². The Hall–Kier alpha value is -0.530. The van der Waals surface area contributed by atoms with E-state index in [0.717, 1.165) is 13.0 Å². The van der Waals surface area contributed by atoms with Crippen molar-refractivity contribution >= 4 is 5.84 Å². The van der Waals surface area contributed by atoms with Gasteiger partial charge in [0.1, 0.15) is 0 Å². The first-order valence-corrected chi connectivity index (χ1v) is 5.12. The highest BCUT2D eigenvalue weighted by Gasteiger charge is 2.08. The van der Waals surface area contributed by atoms with Crippen molar-refractivity contribution < 1.29 is 0 Å². The summed E-state index contributed by atoms with van der Waals surface area (Å²) in [6.45, 7) is 5.51. The van der Waals surface area contributed by atoms with E-state index in [-0.39, 0.29) is 0 Å². The molecule has 0 fully saturated rings. The van der Waals surface area contributed by atoms with E-state index in [1.165, 1.54) is 31.5 Å². The molecule has 12 heavy (non-hydrogen) atoms. The van der Waals surface area contributed by atoms with Gasteiger partial charge >= 0.3 is 0 Å². The molecule has 0 spiro atoms. The first-order chi connectivity index (χ1) is 5.83. The van der Waals surface area contributed by atoms with Gasteiger partial charge in [0.25, 0.3) is 0 Å². The Labute approximate surface area is 75.5 Å². The zero-order valence-electron chi connectivity index (χ0n) is 8.27. The summed E-state index contributed by atoms with van der Waals surface area (Å²) in [5.74, 6) is 1.23. The van der Waals surface area contributed by atoms with E-state index in [1.807, 2.05) is 0 Å². The molecule has 1 rings (SSSR count). The molecule has 70 valence electrons. The van der Waals surface area contributed by atoms with Crippen molar-refractivity contribution in [2.45, 2.75) is 52.0 Å². The zero-order valence-corrected chi connectivity index (χ0v) is 8.27. The van der Waals surface area contributed by atoms with Gasteiger partial charge in [-0.1, -0.05) is 19.8 Å². The predicted octanol–water partition coefficient (Wildman–Crippen LogP) is 2.35. The summed E-state index contributed by atoms with van der Waals surface area (Å²) in [6, 6.07) is 0.613. The highest BCUT2D eigenvalue weighted by Crippen LogP contribution is 2.05. The van der Waals surface area contributed by atoms with Crippen LogP contribution in [0.3, 0.4) is 0 Å². The van der Waals surface area contributed by atoms with Crippen LogP contribution in [-0.2, 0) is 0 Å². The molecular weight excluding hydrogens is 148 g/mol. The third-order valence-corrected chi connectivity index (χ3v) is 2.28. The summed E-state index contributed by atoms with van der Waals surface area (Å²) in [6.07, 6.45) is 6.29. The molecule has 2 heteroatoms. The third kappa shape index (κ3) is 3.24. The van der Waals surface area contributed by atoms with E-state index in [2.05, 4.69) is 24.2 Å². The maximum atomic E-state index is 4.39. The van der Waals surface area contributed by atoms with Gasteiger partial charge in [-0.3, -0.25) is 4.99 Å². The molecule has 1 aliphatic rings. The van der Waals surface area contributed by atoms with Crippen LogP contribution in [0.25, 0.3) is 0 Å². The Bertz CT molecular complexity index is 152. The molecule has 0 radical (unpaired) electrons. The van der Waals surface area contributed by atoms with Gasteiger partial charge in [-0.15, -0.1) is 0 Å². The van der Waals surface area contributed by atoms with Crippen LogP contribution in [0.4, 0.5) is 0 Å². The Morgan fingerprint density at radius 1 is 1.58 bits per heavy atom. The van der Waals surface area contributed by atoms with Crippen molar-refractivity contribution in [1.82, 2.24) is 5.32 Å². The van der Waals surface area contributed by atoms with Crippen LogP contribution in [0.5, 0.6) is 0 Å². The Morgan fingerprint density at radius 2 is 2.42 bits per heavy atom. The molecule has 0 aromatic heterocycles. The number of unbranched alkanes of at least 4 members (excludes halogenated alkanes) is 1. The molecule has 0 bridgehead atoms. The first-order valence-electron chi connectivity index (χ1n) is 5.12. The molecule has 1 N–H and O–H groups in total. The van der Waals surface area contributed by atoms with Gasteiger partial charge in [-0.2, -0.15) is 0 Å². The number of nitrogens with zero attached hydrogens (tertiary/aromatic N) is 1. The lowest BCUT2D eigenvalue weighted by molar-refractivity contribution is 0.568. The van der Waals surface area contributed by atoms with E-state index < -0.39 is 0 Å². The standard InChI is InChI=1S/C10H20N2/c1-3-4-6-9(2)12-10-7-5-8-11-10/h9H,3-8H2,1-2H3,(H,11,12). The van der Waals surface area contributed by atoms with Crippen LogP contribution in [0.2, 0.25) is 0 Å². The van der Waals surface area contributed by atoms with Crippen molar-refractivity contribution in [2.75, 3.05) is 6.54 Å². The van der Waals surface area contributed by atoms with Crippen LogP contribution in [-0.4, -0.2) is 18.4 Å². The molecule has 1 atom stereocenters. The smallest absolute Gasteiger partial charge is 0.0965 e. The van der Waals surface area contributed by atoms with Crippen molar-refractivity contribution in [2.24, 2.45) is 4.99 Å². The monoisotopic (exact) mass is 168 g/mol. The Kier molecular flexibility index (Phi) is 4.12. The van der Waals surface area contributed by atoms with E-state index in [4.69, 9.17) is 0 Å². The van der Waals surface area contributed by atoms with Crippen LogP contribution >= 0.6 is 0 Å². The topological polar surface area (TPSA) is 24.4 Å². The second-order valence-electron chi connectivity index (χ2n) is 3.62. The van der Waals surface area contributed by atoms with Crippen LogP contribution < -0.4 is 5.32 Å². The highest BCUT2D eigenvalue weighted by atomic mass is 15.0. The maximum Gasteiger partial charge on any atom is 0.0965 e. The quantitative estimate of drug-likeness (QED) is 0.684. The normalized spacial score (nSPS) is 19.0. The summed E-state index contributed by atoms with van der Waals surface area (Å²) < 4.78 is 0. The number of hydrogen-bond donors (Lipinski definition) is 1. The van der Waals surface area contributed by atoms with Crippen molar-refractivity contribution in [3.63, 3.8) is 0 Å². The largest absolute Gasteiger partial charge is 0.371 e. The van der Waals surface area contributed by atoms with Gasteiger partial charge in [0.05, 0.1) is 5.84 Å². The molecule has 2 nitrogen and oxygen atoms in total. The number of aliphatic imine (C=N–C) groups is 1. The van der Waals surface area contributed by atoms with Crippen molar-refractivity contribution in [3.8, 4) is 0 Å². The first kappa shape index (κ1) is 9.56. The second-order valence-corrected chi connectivity index (χ2v) is 3.62. The minimum atomic E-state index is 0.613. The molecule has 0 amide bonds. The van der Waals surface area contributed by atoms with Gasteiger partial charge in [-0.25, -0.2) is 0 Å². The average Bonchev–Trinajstić information content (AvgIpc) is 2.53. The molecule has 0 aromatic carbocycles. The van der Waals surface area contributed by atoms with Crippen molar-refractivity contribution in [1.29, 1.82) is 0 Å². The summed E-state index contributed by atoms with van der Waals surface area (Å²) in [5, 5.41) is 3.46. The number of hydrogen-bond acceptors (Lipinski definition) is 2. The highest BCUT2D eigenvalue weighted by molar-refractivity contribution is 5.83. The molecule has 0 aliphatic carbocycles. The van der Waals surface area contributed by atoms with E-state index >= 15 is 0 Å². The zero-order chi connectivity index (χ0) is 8.81. The molecule has 1 unspecified atom stereocenters. The summed E-state index contributed by atoms with van der Waals surface area (Å²) >= 11 is 0. The van der Waals surface area contributed by atoms with Crippen LogP contribution in [0, 0.1) is 0 Å². The van der Waals surface area contributed by atoms with Crippen molar-refractivity contribution in [3.05, 3.63) is 0 Å². The predicted molar refractivity (Wildman–Crippen MR) is 53.7 cm³/mol. The van der Waals surface area contributed by atoms with E-state index in [0.29, 0.717) is 6.04 Å². The lowest BCUT2D eigenvalue weighted by atomic mass is 10.1. The van der Waals surface area contributed by atoms with Crippen LogP contribution in [0.1, 0.15) is 46.0 Å². The summed E-state index contributed by atoms with van der Waals surface area (Å²) in [5.41, 5.74) is 0. The summed E-state index contributed by atoms with van der Waals surface area (Å²) in [4.78, 5) is 4.39. The van der Waals surface area contributed by atoms with Gasteiger partial charge in [0, 0.05) is 19.0 Å². The fraction of sp³-hybridized carbons (Fsp3) is 0.900. The molecule has 0 saturated heterocycles. The van der Waals surface area contributed by atoms with Gasteiger partial charge < -0.3 is 5.32 Å². The number of rotatable bonds is 4. The fourth-order valence-electron chi connectivity index (χ4n) is 1.52. The molecule has 1 heterocycles. The van der Waals surface area contributed by atoms with Crippen LogP contribution in [0.15, 0.2) is 4.99 Å². The maximum absolute atomic E-state index is 4.39. The number of nitrogens with one attached hydrogen (secondary N) is 1. The minimum absolute atomic E-state index is 0.613. The molecular formula is C10H20N2. The lowest BCUT2D eigenvalue weighted by Crippen LogP contribution is -2.31. The molecule has 1 aliphatic heterocycles. The Morgan fingerprint density at radius 3 is 3.00 bits per heavy atom. The van der Waals surface area contributed by atoms with E-state index in [1.54, 1.807) is 0 Å². The Balaban J connectivity index is 2.12. The van der Waals surface area contributed by atoms with Gasteiger partial charge in [0.2, 0.25) is 0 Å². The number of amidine groups is 1. The van der Waals surface area contributed by atoms with E-state index in [9.17, 15) is 0 Å². The molecule has 0 aromatic rings. The average molecular weight is 168 g/mol. The summed E-state index contributed by atoms with van der Waals surface area (Å²) in [7, 11) is 0. The SMILES string of the molecule is CCCCC(C)NC1=NCCC1. The lowest BCUT2D eigenvalue weighted by Gasteiger charge is -2.13. The third-order valence-electron chi connectivity index (χ3n) is 2.28. The minimum Gasteiger partial charge on any atom is -0.371 e. The van der Waals surface area contributed by atoms with Gasteiger partial charge in [-0.05, 0) is 19.8 Å². The second kappa shape index (κ2) is 5.18. The fourth-order valence-corrected chi connectivity index (χ4v) is 1.52.